The molecule has 0 unspecified atom stereocenters. The molecule has 3 aromatic heterocycles. The van der Waals surface area contributed by atoms with E-state index in [4.69, 9.17) is 0 Å². The Morgan fingerprint density at radius 1 is 0.253 bits per heavy atom. The molecule has 0 bridgehead atoms. The molecule has 1 aliphatic carbocycles. The molecule has 3 heterocycles. The second-order valence-corrected chi connectivity index (χ2v) is 22.9. The van der Waals surface area contributed by atoms with Crippen molar-refractivity contribution in [1.29, 1.82) is 0 Å². The first-order chi connectivity index (χ1) is 40.9. The molecule has 0 N–H and O–H groups in total. The summed E-state index contributed by atoms with van der Waals surface area (Å²) in [6.07, 6.45) is 0. The lowest BCUT2D eigenvalue weighted by Crippen LogP contribution is -2.17. The van der Waals surface area contributed by atoms with Gasteiger partial charge in [0.2, 0.25) is 0 Å². The lowest BCUT2D eigenvalue weighted by Gasteiger charge is -2.29. The molecule has 16 aromatic rings. The van der Waals surface area contributed by atoms with Gasteiger partial charge in [0.1, 0.15) is 0 Å². The minimum atomic E-state index is -0.287. The zero-order valence-electron chi connectivity index (χ0n) is 46.0. The number of para-hydroxylation sites is 6. The number of fused-ring (bicyclic) bond motifs is 13. The van der Waals surface area contributed by atoms with Crippen LogP contribution in [0.2, 0.25) is 0 Å². The second-order valence-electron chi connectivity index (χ2n) is 22.9. The van der Waals surface area contributed by atoms with Gasteiger partial charge in [0.15, 0.2) is 0 Å². The maximum Gasteiger partial charge on any atom is 0.0541 e. The van der Waals surface area contributed by atoms with E-state index in [0.29, 0.717) is 0 Å². The molecular weight excluding hydrogens is 1000 g/mol. The van der Waals surface area contributed by atoms with Gasteiger partial charge in [-0.1, -0.05) is 184 Å². The van der Waals surface area contributed by atoms with E-state index in [2.05, 4.69) is 324 Å². The van der Waals surface area contributed by atoms with E-state index in [9.17, 15) is 0 Å². The number of aromatic nitrogens is 3. The Balaban J connectivity index is 0.804. The van der Waals surface area contributed by atoms with Crippen molar-refractivity contribution in [1.82, 2.24) is 13.7 Å². The van der Waals surface area contributed by atoms with E-state index in [1.54, 1.807) is 0 Å². The van der Waals surface area contributed by atoms with Gasteiger partial charge in [-0.05, 0) is 171 Å². The van der Waals surface area contributed by atoms with E-state index >= 15 is 0 Å². The maximum atomic E-state index is 2.49. The fourth-order valence-corrected chi connectivity index (χ4v) is 14.2. The van der Waals surface area contributed by atoms with Crippen molar-refractivity contribution >= 4 is 93.3 Å². The van der Waals surface area contributed by atoms with Crippen molar-refractivity contribution in [3.05, 3.63) is 302 Å². The Morgan fingerprint density at radius 2 is 0.627 bits per heavy atom. The van der Waals surface area contributed by atoms with Crippen LogP contribution in [-0.4, -0.2) is 13.7 Å². The molecule has 13 aromatic carbocycles. The minimum Gasteiger partial charge on any atom is -0.310 e. The molecule has 4 heteroatoms. The quantitative estimate of drug-likeness (QED) is 0.148. The van der Waals surface area contributed by atoms with E-state index in [1.807, 2.05) is 0 Å². The van der Waals surface area contributed by atoms with Gasteiger partial charge in [-0.15, -0.1) is 0 Å². The van der Waals surface area contributed by atoms with Gasteiger partial charge in [-0.3, -0.25) is 0 Å². The van der Waals surface area contributed by atoms with E-state index < -0.39 is 0 Å². The van der Waals surface area contributed by atoms with Crippen LogP contribution in [0.15, 0.2) is 291 Å². The molecule has 0 atom stereocenters. The third-order valence-corrected chi connectivity index (χ3v) is 18.0. The summed E-state index contributed by atoms with van der Waals surface area (Å²) in [7, 11) is 0. The van der Waals surface area contributed by atoms with Crippen LogP contribution < -0.4 is 4.90 Å². The second kappa shape index (κ2) is 18.2. The molecule has 390 valence electrons. The Hall–Kier alpha value is -10.7. The third-order valence-electron chi connectivity index (χ3n) is 18.0. The van der Waals surface area contributed by atoms with Gasteiger partial charge in [-0.25, -0.2) is 0 Å². The average Bonchev–Trinajstić information content (AvgIpc) is 3.13. The van der Waals surface area contributed by atoms with Crippen LogP contribution >= 0.6 is 0 Å². The zero-order chi connectivity index (χ0) is 54.9. The average molecular weight is 1060 g/mol. The number of anilines is 3. The van der Waals surface area contributed by atoms with Crippen LogP contribution in [0.5, 0.6) is 0 Å². The number of rotatable bonds is 8. The fourth-order valence-electron chi connectivity index (χ4n) is 14.2. The Labute approximate surface area is 481 Å². The standard InChI is InChI=1S/C79H54N4/c1-79(2)70-49-52(51-34-44-77-68(47-51)66-27-13-17-31-74(66)81(77)54-19-5-3-6-20-54)33-41-61(70)62-42-40-58(50-71(62)79)80(56-36-38-57(39-37-56)83-72-29-15-11-25-64(72)65-26-12-16-30-73(65)83)76-46-43-59(60-23-9-10-24-63(60)76)53-35-45-78-69(48-53)67-28-14-18-32-75(67)82(78)55-21-7-4-8-22-55/h3-50H,1-2H3. The van der Waals surface area contributed by atoms with E-state index in [1.165, 1.54) is 126 Å². The summed E-state index contributed by atoms with van der Waals surface area (Å²) in [5.41, 5.74) is 23.8. The first-order valence-corrected chi connectivity index (χ1v) is 28.8. The highest BCUT2D eigenvalue weighted by Crippen LogP contribution is 2.53. The lowest BCUT2D eigenvalue weighted by atomic mass is 9.81. The predicted molar refractivity (Wildman–Crippen MR) is 350 cm³/mol. The maximum absolute atomic E-state index is 2.49. The van der Waals surface area contributed by atoms with Crippen LogP contribution in [0.25, 0.3) is 127 Å². The highest BCUT2D eigenvalue weighted by Gasteiger charge is 2.37. The summed E-state index contributed by atoms with van der Waals surface area (Å²) in [5, 5.41) is 9.88. The monoisotopic (exact) mass is 1060 g/mol. The zero-order valence-corrected chi connectivity index (χ0v) is 46.0. The van der Waals surface area contributed by atoms with E-state index in [-0.39, 0.29) is 5.41 Å². The molecule has 0 saturated carbocycles. The number of hydrogen-bond donors (Lipinski definition) is 0. The summed E-state index contributed by atoms with van der Waals surface area (Å²) in [4.78, 5) is 2.49. The van der Waals surface area contributed by atoms with Crippen molar-refractivity contribution in [3.8, 4) is 50.4 Å². The molecule has 0 amide bonds. The van der Waals surface area contributed by atoms with Gasteiger partial charge in [0.05, 0.1) is 38.8 Å². The molecule has 0 fully saturated rings. The number of nitrogens with zero attached hydrogens (tertiary/aromatic N) is 4. The summed E-state index contributed by atoms with van der Waals surface area (Å²) in [6, 6.07) is 108. The van der Waals surface area contributed by atoms with E-state index in [0.717, 1.165) is 28.4 Å². The lowest BCUT2D eigenvalue weighted by molar-refractivity contribution is 0.660. The molecule has 17 rings (SSSR count). The van der Waals surface area contributed by atoms with Gasteiger partial charge in [-0.2, -0.15) is 0 Å². The smallest absolute Gasteiger partial charge is 0.0541 e. The van der Waals surface area contributed by atoms with Crippen LogP contribution in [-0.2, 0) is 5.41 Å². The molecule has 4 nitrogen and oxygen atoms in total. The Kier molecular flexibility index (Phi) is 10.3. The molecule has 0 radical (unpaired) electrons. The van der Waals surface area contributed by atoms with Gasteiger partial charge in [0.25, 0.3) is 0 Å². The van der Waals surface area contributed by atoms with Crippen LogP contribution in [0.3, 0.4) is 0 Å². The molecule has 0 saturated heterocycles. The SMILES string of the molecule is CC1(C)c2cc(-c3ccc4c(c3)c3ccccc3n4-c3ccccc3)ccc2-c2ccc(N(c3ccc(-n4c5ccccc5c5ccccc54)cc3)c3ccc(-c4ccc5c(c4)c4ccccc4n5-c4ccccc4)c4ccccc34)cc21. The summed E-state index contributed by atoms with van der Waals surface area (Å²) < 4.78 is 7.19. The highest BCUT2D eigenvalue weighted by atomic mass is 15.1. The summed E-state index contributed by atoms with van der Waals surface area (Å²) >= 11 is 0. The summed E-state index contributed by atoms with van der Waals surface area (Å²) in [6.45, 7) is 4.82. The van der Waals surface area contributed by atoms with Crippen molar-refractivity contribution in [3.63, 3.8) is 0 Å². The van der Waals surface area contributed by atoms with Crippen molar-refractivity contribution < 1.29 is 0 Å². The van der Waals surface area contributed by atoms with Crippen LogP contribution in [0.4, 0.5) is 17.1 Å². The highest BCUT2D eigenvalue weighted by molar-refractivity contribution is 6.14. The first kappa shape index (κ1) is 47.2. The molecular formula is C79H54N4. The normalized spacial score (nSPS) is 12.8. The molecule has 0 aliphatic heterocycles. The molecule has 0 spiro atoms. The third kappa shape index (κ3) is 7.12. The van der Waals surface area contributed by atoms with Gasteiger partial charge in [0, 0.05) is 71.6 Å². The van der Waals surface area contributed by atoms with Crippen LogP contribution in [0, 0.1) is 0 Å². The van der Waals surface area contributed by atoms with Crippen LogP contribution in [0.1, 0.15) is 25.0 Å². The Morgan fingerprint density at radius 3 is 1.18 bits per heavy atom. The predicted octanol–water partition coefficient (Wildman–Crippen LogP) is 21.2. The minimum absolute atomic E-state index is 0.287. The van der Waals surface area contributed by atoms with Gasteiger partial charge < -0.3 is 18.6 Å². The molecule has 83 heavy (non-hydrogen) atoms. The largest absolute Gasteiger partial charge is 0.310 e. The molecule has 1 aliphatic rings. The van der Waals surface area contributed by atoms with Crippen molar-refractivity contribution in [2.45, 2.75) is 19.3 Å². The number of hydrogen-bond acceptors (Lipinski definition) is 1. The number of benzene rings is 13. The Bertz CT molecular complexity index is 5230. The van der Waals surface area contributed by atoms with Crippen molar-refractivity contribution in [2.75, 3.05) is 4.90 Å². The van der Waals surface area contributed by atoms with Crippen molar-refractivity contribution in [2.24, 2.45) is 0 Å². The topological polar surface area (TPSA) is 18.0 Å². The fraction of sp³-hybridized carbons (Fsp3) is 0.0380. The summed E-state index contributed by atoms with van der Waals surface area (Å²) in [5.74, 6) is 0. The first-order valence-electron chi connectivity index (χ1n) is 28.8. The van der Waals surface area contributed by atoms with Gasteiger partial charge >= 0.3 is 0 Å².